The van der Waals surface area contributed by atoms with Crippen molar-refractivity contribution in [2.24, 2.45) is 0 Å². The second kappa shape index (κ2) is 9.10. The number of alkyl halides is 3. The number of aromatic nitrogens is 4. The zero-order valence-electron chi connectivity index (χ0n) is 21.5. The van der Waals surface area contributed by atoms with Crippen LogP contribution in [0.25, 0.3) is 55.7 Å². The van der Waals surface area contributed by atoms with Gasteiger partial charge in [0.1, 0.15) is 0 Å². The van der Waals surface area contributed by atoms with Crippen molar-refractivity contribution in [2.75, 3.05) is 0 Å². The van der Waals surface area contributed by atoms with E-state index in [1.807, 2.05) is 55.6 Å². The summed E-state index contributed by atoms with van der Waals surface area (Å²) >= 11 is 0. The zero-order valence-corrected chi connectivity index (χ0v) is 21.5. The highest BCUT2D eigenvalue weighted by Crippen LogP contribution is 2.50. The molecular formula is C32H19F3N6. The molecule has 1 unspecified atom stereocenters. The minimum atomic E-state index is -4.66. The van der Waals surface area contributed by atoms with Crippen LogP contribution in [0.15, 0.2) is 85.2 Å². The Balaban J connectivity index is 1.43. The van der Waals surface area contributed by atoms with Crippen molar-refractivity contribution in [2.45, 2.75) is 19.1 Å². The van der Waals surface area contributed by atoms with Crippen molar-refractivity contribution >= 4 is 21.8 Å². The summed E-state index contributed by atoms with van der Waals surface area (Å²) < 4.78 is 43.5. The molecule has 198 valence electrons. The maximum absolute atomic E-state index is 14.5. The van der Waals surface area contributed by atoms with E-state index in [9.17, 15) is 18.4 Å². The molecule has 9 heteroatoms. The van der Waals surface area contributed by atoms with E-state index in [0.717, 1.165) is 33.5 Å². The van der Waals surface area contributed by atoms with Crippen LogP contribution in [0.2, 0.25) is 0 Å². The number of aryl methyl sites for hydroxylation is 1. The van der Waals surface area contributed by atoms with Crippen molar-refractivity contribution in [1.82, 2.24) is 25.3 Å². The topological polar surface area (TPSA) is 87.4 Å². The van der Waals surface area contributed by atoms with Gasteiger partial charge in [-0.2, -0.15) is 18.4 Å². The zero-order chi connectivity index (χ0) is 28.3. The summed E-state index contributed by atoms with van der Waals surface area (Å²) in [6.45, 7) is 1.88. The molecule has 0 bridgehead atoms. The molecule has 0 spiro atoms. The van der Waals surface area contributed by atoms with Crippen LogP contribution in [0.5, 0.6) is 0 Å². The van der Waals surface area contributed by atoms with Crippen molar-refractivity contribution in [3.05, 3.63) is 107 Å². The SMILES string of the molecule is Cc1cc2c(cc1-c1ncc3ccccc3n1)C(NC#N)c1cc(-c3ncc4ccccc4n3)c(C(F)(F)F)cc1-2. The van der Waals surface area contributed by atoms with Crippen LogP contribution in [0.1, 0.15) is 28.3 Å². The van der Waals surface area contributed by atoms with E-state index < -0.39 is 17.8 Å². The number of hydrogen-bond acceptors (Lipinski definition) is 6. The molecule has 41 heavy (non-hydrogen) atoms. The summed E-state index contributed by atoms with van der Waals surface area (Å²) in [6, 6.07) is 20.4. The molecule has 0 fully saturated rings. The summed E-state index contributed by atoms with van der Waals surface area (Å²) in [5.41, 5.74) is 4.10. The van der Waals surface area contributed by atoms with E-state index in [1.54, 1.807) is 24.4 Å². The highest BCUT2D eigenvalue weighted by atomic mass is 19.4. The first kappa shape index (κ1) is 24.7. The second-order valence-electron chi connectivity index (χ2n) is 9.93. The lowest BCUT2D eigenvalue weighted by Gasteiger charge is -2.17. The Labute approximate surface area is 232 Å². The molecule has 1 N–H and O–H groups in total. The third-order valence-electron chi connectivity index (χ3n) is 7.47. The van der Waals surface area contributed by atoms with Crippen molar-refractivity contribution in [1.29, 1.82) is 5.26 Å². The lowest BCUT2D eigenvalue weighted by molar-refractivity contribution is -0.137. The van der Waals surface area contributed by atoms with Crippen LogP contribution in [-0.2, 0) is 6.18 Å². The Bertz CT molecular complexity index is 2060. The van der Waals surface area contributed by atoms with Gasteiger partial charge in [0, 0.05) is 34.3 Å². The molecule has 2 aromatic heterocycles. The molecular weight excluding hydrogens is 525 g/mol. The van der Waals surface area contributed by atoms with Crippen molar-refractivity contribution in [3.8, 4) is 40.1 Å². The minimum absolute atomic E-state index is 0.0353. The van der Waals surface area contributed by atoms with Gasteiger partial charge >= 0.3 is 6.18 Å². The number of halogens is 3. The van der Waals surface area contributed by atoms with Gasteiger partial charge in [-0.25, -0.2) is 19.9 Å². The first-order valence-corrected chi connectivity index (χ1v) is 12.8. The number of benzene rings is 4. The Kier molecular flexibility index (Phi) is 5.47. The predicted molar refractivity (Wildman–Crippen MR) is 149 cm³/mol. The Hall–Kier alpha value is -5.36. The molecule has 2 heterocycles. The molecule has 6 aromatic rings. The predicted octanol–water partition coefficient (Wildman–Crippen LogP) is 7.37. The van der Waals surface area contributed by atoms with Gasteiger partial charge in [-0.3, -0.25) is 0 Å². The lowest BCUT2D eigenvalue weighted by atomic mass is 9.95. The van der Waals surface area contributed by atoms with E-state index in [2.05, 4.69) is 20.3 Å². The molecule has 0 aliphatic heterocycles. The monoisotopic (exact) mass is 544 g/mol. The van der Waals surface area contributed by atoms with Gasteiger partial charge in [0.05, 0.1) is 22.6 Å². The number of nitrogens with zero attached hydrogens (tertiary/aromatic N) is 5. The van der Waals surface area contributed by atoms with Crippen LogP contribution in [0, 0.1) is 18.4 Å². The Morgan fingerprint density at radius 3 is 1.85 bits per heavy atom. The van der Waals surface area contributed by atoms with Gasteiger partial charge in [-0.05, 0) is 65.1 Å². The number of hydrogen-bond donors (Lipinski definition) is 1. The second-order valence-corrected chi connectivity index (χ2v) is 9.93. The molecule has 4 aromatic carbocycles. The first-order valence-electron chi connectivity index (χ1n) is 12.8. The summed E-state index contributed by atoms with van der Waals surface area (Å²) in [6.07, 6.45) is 0.588. The number of rotatable bonds is 3. The van der Waals surface area contributed by atoms with Crippen LogP contribution in [0.3, 0.4) is 0 Å². The van der Waals surface area contributed by atoms with E-state index in [4.69, 9.17) is 4.98 Å². The number of fused-ring (bicyclic) bond motifs is 5. The largest absolute Gasteiger partial charge is 0.417 e. The van der Waals surface area contributed by atoms with E-state index >= 15 is 0 Å². The molecule has 6 nitrogen and oxygen atoms in total. The lowest BCUT2D eigenvalue weighted by Crippen LogP contribution is -2.16. The minimum Gasteiger partial charge on any atom is -0.312 e. The molecule has 0 saturated heterocycles. The fourth-order valence-corrected chi connectivity index (χ4v) is 5.54. The van der Waals surface area contributed by atoms with Crippen molar-refractivity contribution in [3.63, 3.8) is 0 Å². The maximum Gasteiger partial charge on any atom is 0.417 e. The average molecular weight is 545 g/mol. The van der Waals surface area contributed by atoms with Gasteiger partial charge < -0.3 is 5.32 Å². The number of para-hydroxylation sites is 2. The third-order valence-corrected chi connectivity index (χ3v) is 7.47. The standard InChI is InChI=1S/C32H19F3N6/c1-17-10-21-22-13-26(32(33,34)35)25(31-38-15-19-7-3-5-9-28(19)41-31)12-24(22)29(39-16-36)23(21)11-20(17)30-37-14-18-6-2-4-8-27(18)40-30/h2-15,29,39H,1H3. The van der Waals surface area contributed by atoms with Crippen LogP contribution >= 0.6 is 0 Å². The van der Waals surface area contributed by atoms with Gasteiger partial charge in [-0.15, -0.1) is 0 Å². The Morgan fingerprint density at radius 1 is 0.732 bits per heavy atom. The van der Waals surface area contributed by atoms with Crippen LogP contribution in [0.4, 0.5) is 13.2 Å². The fourth-order valence-electron chi connectivity index (χ4n) is 5.54. The van der Waals surface area contributed by atoms with E-state index in [0.29, 0.717) is 33.6 Å². The first-order chi connectivity index (χ1) is 19.8. The van der Waals surface area contributed by atoms with E-state index in [1.165, 1.54) is 12.3 Å². The molecule has 1 aliphatic carbocycles. The normalized spacial score (nSPS) is 14.1. The molecule has 0 amide bonds. The van der Waals surface area contributed by atoms with Crippen molar-refractivity contribution < 1.29 is 13.2 Å². The van der Waals surface area contributed by atoms with E-state index in [-0.39, 0.29) is 11.4 Å². The number of nitrogens with one attached hydrogen (secondary N) is 1. The summed E-state index contributed by atoms with van der Waals surface area (Å²) in [7, 11) is 0. The fraction of sp³-hybridized carbons (Fsp3) is 0.0938. The maximum atomic E-state index is 14.5. The van der Waals surface area contributed by atoms with Crippen LogP contribution < -0.4 is 5.32 Å². The molecule has 0 saturated carbocycles. The quantitative estimate of drug-likeness (QED) is 0.185. The summed E-state index contributed by atoms with van der Waals surface area (Å²) in [5.74, 6) is 0.462. The highest BCUT2D eigenvalue weighted by molar-refractivity contribution is 5.87. The molecule has 0 radical (unpaired) electrons. The molecule has 1 aliphatic rings. The molecule has 7 rings (SSSR count). The molecule has 1 atom stereocenters. The number of nitriles is 1. The smallest absolute Gasteiger partial charge is 0.312 e. The summed E-state index contributed by atoms with van der Waals surface area (Å²) in [4.78, 5) is 18.0. The van der Waals surface area contributed by atoms with Gasteiger partial charge in [0.2, 0.25) is 0 Å². The van der Waals surface area contributed by atoms with Gasteiger partial charge in [0.25, 0.3) is 0 Å². The third kappa shape index (κ3) is 4.03. The highest BCUT2D eigenvalue weighted by Gasteiger charge is 2.39. The summed E-state index contributed by atoms with van der Waals surface area (Å²) in [5, 5.41) is 14.1. The van der Waals surface area contributed by atoms with Gasteiger partial charge in [0.15, 0.2) is 17.8 Å². The Morgan fingerprint density at radius 2 is 1.27 bits per heavy atom. The van der Waals surface area contributed by atoms with Crippen LogP contribution in [-0.4, -0.2) is 19.9 Å². The van der Waals surface area contributed by atoms with Gasteiger partial charge in [-0.1, -0.05) is 42.5 Å². The average Bonchev–Trinajstić information content (AvgIpc) is 3.26.